The molecule has 3 atom stereocenters. The van der Waals surface area contributed by atoms with E-state index in [4.69, 9.17) is 10.8 Å². The van der Waals surface area contributed by atoms with E-state index in [1.54, 1.807) is 4.90 Å². The number of carboxylic acids is 1. The number of rotatable bonds is 4. The van der Waals surface area contributed by atoms with Crippen molar-refractivity contribution >= 4 is 11.9 Å². The largest absolute Gasteiger partial charge is 0.481 e. The predicted molar refractivity (Wildman–Crippen MR) is 64.3 cm³/mol. The zero-order valence-corrected chi connectivity index (χ0v) is 10.7. The van der Waals surface area contributed by atoms with Crippen LogP contribution in [0, 0.1) is 17.8 Å². The number of hydrogen-bond donors (Lipinski definition) is 2. The van der Waals surface area contributed by atoms with E-state index in [1.807, 2.05) is 20.8 Å². The average molecular weight is 242 g/mol. The molecule has 1 amide bonds. The van der Waals surface area contributed by atoms with Crippen molar-refractivity contribution in [3.63, 3.8) is 0 Å². The summed E-state index contributed by atoms with van der Waals surface area (Å²) >= 11 is 0. The van der Waals surface area contributed by atoms with Gasteiger partial charge in [0, 0.05) is 25.6 Å². The fourth-order valence-corrected chi connectivity index (χ4v) is 2.06. The van der Waals surface area contributed by atoms with Crippen LogP contribution in [-0.4, -0.2) is 41.0 Å². The zero-order chi connectivity index (χ0) is 13.2. The maximum absolute atomic E-state index is 11.9. The first kappa shape index (κ1) is 14.0. The lowest BCUT2D eigenvalue weighted by Crippen LogP contribution is -2.37. The van der Waals surface area contributed by atoms with Crippen LogP contribution in [0.1, 0.15) is 27.2 Å². The maximum atomic E-state index is 11.9. The maximum Gasteiger partial charge on any atom is 0.308 e. The number of carbonyl (C=O) groups excluding carboxylic acids is 1. The summed E-state index contributed by atoms with van der Waals surface area (Å²) in [4.78, 5) is 24.5. The number of nitrogens with two attached hydrogens (primary N) is 1. The quantitative estimate of drug-likeness (QED) is 0.753. The van der Waals surface area contributed by atoms with Crippen molar-refractivity contribution in [1.29, 1.82) is 0 Å². The highest BCUT2D eigenvalue weighted by atomic mass is 16.4. The number of carbonyl (C=O) groups is 2. The molecule has 1 aliphatic heterocycles. The molecule has 98 valence electrons. The van der Waals surface area contributed by atoms with Gasteiger partial charge in [0.25, 0.3) is 0 Å². The van der Waals surface area contributed by atoms with Crippen molar-refractivity contribution in [1.82, 2.24) is 4.90 Å². The first-order chi connectivity index (χ1) is 7.82. The van der Waals surface area contributed by atoms with Crippen molar-refractivity contribution in [2.24, 2.45) is 23.5 Å². The van der Waals surface area contributed by atoms with Crippen LogP contribution in [0.25, 0.3) is 0 Å². The lowest BCUT2D eigenvalue weighted by molar-refractivity contribution is -0.142. The van der Waals surface area contributed by atoms with Crippen LogP contribution in [-0.2, 0) is 9.59 Å². The van der Waals surface area contributed by atoms with Crippen LogP contribution in [0.2, 0.25) is 0 Å². The molecule has 0 bridgehead atoms. The molecular weight excluding hydrogens is 220 g/mol. The summed E-state index contributed by atoms with van der Waals surface area (Å²) in [6, 6.07) is -0.151. The minimum atomic E-state index is -0.819. The van der Waals surface area contributed by atoms with Crippen LogP contribution < -0.4 is 5.73 Å². The molecule has 0 radical (unpaired) electrons. The summed E-state index contributed by atoms with van der Waals surface area (Å²) in [5.74, 6) is -1.00. The summed E-state index contributed by atoms with van der Waals surface area (Å²) in [5, 5.41) is 8.99. The van der Waals surface area contributed by atoms with Gasteiger partial charge in [0.05, 0.1) is 5.92 Å². The van der Waals surface area contributed by atoms with Crippen LogP contribution in [0.5, 0.6) is 0 Å². The van der Waals surface area contributed by atoms with Crippen LogP contribution in [0.3, 0.4) is 0 Å². The molecule has 1 saturated heterocycles. The van der Waals surface area contributed by atoms with Gasteiger partial charge in [-0.25, -0.2) is 0 Å². The van der Waals surface area contributed by atoms with Gasteiger partial charge in [0.15, 0.2) is 0 Å². The molecule has 1 rings (SSSR count). The fraction of sp³-hybridized carbons (Fsp3) is 0.833. The van der Waals surface area contributed by atoms with Gasteiger partial charge in [-0.1, -0.05) is 20.8 Å². The van der Waals surface area contributed by atoms with E-state index in [2.05, 4.69) is 0 Å². The summed E-state index contributed by atoms with van der Waals surface area (Å²) < 4.78 is 0. The van der Waals surface area contributed by atoms with E-state index in [1.165, 1.54) is 0 Å². The highest BCUT2D eigenvalue weighted by Gasteiger charge is 2.37. The Balaban J connectivity index is 2.53. The van der Waals surface area contributed by atoms with Gasteiger partial charge in [-0.2, -0.15) is 0 Å². The van der Waals surface area contributed by atoms with E-state index in [9.17, 15) is 9.59 Å². The lowest BCUT2D eigenvalue weighted by atomic mass is 9.99. The van der Waals surface area contributed by atoms with Crippen molar-refractivity contribution in [2.45, 2.75) is 33.2 Å². The van der Waals surface area contributed by atoms with Crippen molar-refractivity contribution in [2.75, 3.05) is 13.1 Å². The lowest BCUT2D eigenvalue weighted by Gasteiger charge is -2.20. The predicted octanol–water partition coefficient (Wildman–Crippen LogP) is 0.539. The molecule has 1 unspecified atom stereocenters. The number of amides is 1. The first-order valence-corrected chi connectivity index (χ1v) is 6.09. The monoisotopic (exact) mass is 242 g/mol. The molecule has 0 spiro atoms. The number of carboxylic acid groups (broad SMARTS) is 1. The summed E-state index contributed by atoms with van der Waals surface area (Å²) in [6.45, 7) is 6.67. The second kappa shape index (κ2) is 5.49. The Morgan fingerprint density at radius 3 is 2.41 bits per heavy atom. The minimum Gasteiger partial charge on any atom is -0.481 e. The van der Waals surface area contributed by atoms with Gasteiger partial charge >= 0.3 is 5.97 Å². The minimum absolute atomic E-state index is 0.0201. The van der Waals surface area contributed by atoms with Crippen molar-refractivity contribution < 1.29 is 14.7 Å². The molecule has 1 fully saturated rings. The summed E-state index contributed by atoms with van der Waals surface area (Å²) in [6.07, 6.45) is 0.302. The van der Waals surface area contributed by atoms with Crippen LogP contribution in [0.4, 0.5) is 0 Å². The van der Waals surface area contributed by atoms with E-state index in [0.717, 1.165) is 0 Å². The van der Waals surface area contributed by atoms with Gasteiger partial charge in [0.2, 0.25) is 5.91 Å². The second-order valence-electron chi connectivity index (χ2n) is 5.33. The Hall–Kier alpha value is -1.10. The molecule has 0 aliphatic carbocycles. The molecule has 1 heterocycles. The normalized spacial score (nSPS) is 26.3. The highest BCUT2D eigenvalue weighted by Crippen LogP contribution is 2.24. The average Bonchev–Trinajstić information content (AvgIpc) is 2.60. The van der Waals surface area contributed by atoms with Crippen LogP contribution in [0.15, 0.2) is 0 Å². The SMILES string of the molecule is CC(C)C(N)CC(=O)N1C[C@@H](C)[C@H](C(=O)O)C1. The molecule has 0 aromatic heterocycles. The van der Waals surface area contributed by atoms with E-state index < -0.39 is 11.9 Å². The standard InChI is InChI=1S/C12H22N2O3/c1-7(2)10(13)4-11(15)14-5-8(3)9(6-14)12(16)17/h7-10H,4-6,13H2,1-3H3,(H,16,17)/t8-,9-,10?/m1/s1. The second-order valence-corrected chi connectivity index (χ2v) is 5.33. The van der Waals surface area contributed by atoms with Gasteiger partial charge in [-0.05, 0) is 11.8 Å². The van der Waals surface area contributed by atoms with Crippen molar-refractivity contribution in [3.8, 4) is 0 Å². The van der Waals surface area contributed by atoms with Gasteiger partial charge in [0.1, 0.15) is 0 Å². The highest BCUT2D eigenvalue weighted by molar-refractivity contribution is 5.79. The molecule has 0 saturated carbocycles. The Morgan fingerprint density at radius 2 is 2.00 bits per heavy atom. The number of likely N-dealkylation sites (tertiary alicyclic amines) is 1. The molecule has 5 heteroatoms. The number of nitrogens with zero attached hydrogens (tertiary/aromatic N) is 1. The molecule has 3 N–H and O–H groups in total. The summed E-state index contributed by atoms with van der Waals surface area (Å²) in [7, 11) is 0. The van der Waals surface area contributed by atoms with Gasteiger partial charge < -0.3 is 15.7 Å². The number of aliphatic carboxylic acids is 1. The van der Waals surface area contributed by atoms with E-state index in [-0.39, 0.29) is 23.8 Å². The smallest absolute Gasteiger partial charge is 0.308 e. The zero-order valence-electron chi connectivity index (χ0n) is 10.7. The van der Waals surface area contributed by atoms with Crippen molar-refractivity contribution in [3.05, 3.63) is 0 Å². The molecular formula is C12H22N2O3. The molecule has 5 nitrogen and oxygen atoms in total. The van der Waals surface area contributed by atoms with Gasteiger partial charge in [-0.3, -0.25) is 9.59 Å². The Morgan fingerprint density at radius 1 is 1.41 bits per heavy atom. The first-order valence-electron chi connectivity index (χ1n) is 6.09. The topological polar surface area (TPSA) is 83.6 Å². The number of hydrogen-bond acceptors (Lipinski definition) is 3. The Bertz CT molecular complexity index is 304. The van der Waals surface area contributed by atoms with E-state index >= 15 is 0 Å². The van der Waals surface area contributed by atoms with E-state index in [0.29, 0.717) is 19.5 Å². The fourth-order valence-electron chi connectivity index (χ4n) is 2.06. The summed E-state index contributed by atoms with van der Waals surface area (Å²) in [5.41, 5.74) is 5.85. The molecule has 17 heavy (non-hydrogen) atoms. The molecule has 0 aromatic carbocycles. The third-order valence-corrected chi connectivity index (χ3v) is 3.55. The molecule has 0 aromatic rings. The Kier molecular flexibility index (Phi) is 4.51. The van der Waals surface area contributed by atoms with Crippen LogP contribution >= 0.6 is 0 Å². The molecule has 1 aliphatic rings. The Labute approximate surface area is 102 Å². The third kappa shape index (κ3) is 3.43. The van der Waals surface area contributed by atoms with Gasteiger partial charge in [-0.15, -0.1) is 0 Å². The third-order valence-electron chi connectivity index (χ3n) is 3.55.